The Morgan fingerprint density at radius 1 is 1.40 bits per heavy atom. The lowest BCUT2D eigenvalue weighted by molar-refractivity contribution is 0.109. The second-order valence-corrected chi connectivity index (χ2v) is 5.86. The summed E-state index contributed by atoms with van der Waals surface area (Å²) in [5.74, 6) is 1.69. The number of aromatic nitrogens is 2. The molecule has 1 aliphatic rings. The summed E-state index contributed by atoms with van der Waals surface area (Å²) in [6, 6.07) is 0. The molecule has 0 aromatic carbocycles. The van der Waals surface area contributed by atoms with Crippen LogP contribution in [0, 0.1) is 12.8 Å². The molecule has 0 saturated carbocycles. The van der Waals surface area contributed by atoms with Crippen molar-refractivity contribution in [2.24, 2.45) is 13.0 Å². The molecule has 0 aliphatic carbocycles. The van der Waals surface area contributed by atoms with E-state index in [1.807, 2.05) is 18.7 Å². The van der Waals surface area contributed by atoms with Crippen LogP contribution in [0.25, 0.3) is 0 Å². The van der Waals surface area contributed by atoms with Crippen molar-refractivity contribution in [1.29, 1.82) is 0 Å². The van der Waals surface area contributed by atoms with Gasteiger partial charge in [-0.05, 0) is 39.2 Å². The monoisotopic (exact) mass is 280 g/mol. The summed E-state index contributed by atoms with van der Waals surface area (Å²) in [5, 5.41) is 17.7. The molecule has 2 rings (SSSR count). The number of rotatable bonds is 5. The van der Waals surface area contributed by atoms with Gasteiger partial charge in [0.1, 0.15) is 5.82 Å². The SMILES string of the molecule is CCNCc1c(C)nn(C)c1N1CCC(C(C)O)CC1. The van der Waals surface area contributed by atoms with E-state index in [0.717, 1.165) is 44.7 Å². The van der Waals surface area contributed by atoms with Gasteiger partial charge >= 0.3 is 0 Å². The molecule has 0 radical (unpaired) electrons. The van der Waals surface area contributed by atoms with Gasteiger partial charge in [0.15, 0.2) is 0 Å². The molecule has 1 aromatic heterocycles. The standard InChI is InChI=1S/C15H28N4O/c1-5-16-10-14-11(2)17-18(4)15(14)19-8-6-13(7-9-19)12(3)20/h12-13,16,20H,5-10H2,1-4H3. The van der Waals surface area contributed by atoms with Crippen molar-refractivity contribution in [3.05, 3.63) is 11.3 Å². The second kappa shape index (κ2) is 6.59. The molecule has 114 valence electrons. The van der Waals surface area contributed by atoms with Crippen LogP contribution < -0.4 is 10.2 Å². The van der Waals surface area contributed by atoms with Gasteiger partial charge in [-0.2, -0.15) is 5.10 Å². The smallest absolute Gasteiger partial charge is 0.131 e. The van der Waals surface area contributed by atoms with Crippen LogP contribution in [0.3, 0.4) is 0 Å². The average molecular weight is 280 g/mol. The molecule has 1 aromatic rings. The molecule has 1 aliphatic heterocycles. The summed E-state index contributed by atoms with van der Waals surface area (Å²) in [7, 11) is 2.03. The topological polar surface area (TPSA) is 53.3 Å². The zero-order valence-corrected chi connectivity index (χ0v) is 13.2. The van der Waals surface area contributed by atoms with Crippen molar-refractivity contribution in [3.8, 4) is 0 Å². The molecule has 1 atom stereocenters. The molecule has 2 heterocycles. The second-order valence-electron chi connectivity index (χ2n) is 5.86. The summed E-state index contributed by atoms with van der Waals surface area (Å²) in [4.78, 5) is 2.42. The molecule has 20 heavy (non-hydrogen) atoms. The zero-order valence-electron chi connectivity index (χ0n) is 13.2. The quantitative estimate of drug-likeness (QED) is 0.857. The van der Waals surface area contributed by atoms with Gasteiger partial charge in [-0.1, -0.05) is 6.92 Å². The minimum atomic E-state index is -0.188. The van der Waals surface area contributed by atoms with E-state index in [0.29, 0.717) is 5.92 Å². The van der Waals surface area contributed by atoms with E-state index >= 15 is 0 Å². The van der Waals surface area contributed by atoms with Gasteiger partial charge in [0.05, 0.1) is 11.8 Å². The van der Waals surface area contributed by atoms with Crippen LogP contribution in [0.4, 0.5) is 5.82 Å². The predicted molar refractivity (Wildman–Crippen MR) is 81.9 cm³/mol. The van der Waals surface area contributed by atoms with Crippen molar-refractivity contribution < 1.29 is 5.11 Å². The first kappa shape index (κ1) is 15.3. The van der Waals surface area contributed by atoms with Crippen LogP contribution >= 0.6 is 0 Å². The van der Waals surface area contributed by atoms with E-state index in [4.69, 9.17) is 0 Å². The third kappa shape index (κ3) is 3.15. The number of aliphatic hydroxyl groups is 1. The first-order chi connectivity index (χ1) is 9.54. The van der Waals surface area contributed by atoms with E-state index < -0.39 is 0 Å². The van der Waals surface area contributed by atoms with Gasteiger partial charge in [0.25, 0.3) is 0 Å². The number of aliphatic hydroxyl groups excluding tert-OH is 1. The Labute approximate surface area is 122 Å². The summed E-state index contributed by atoms with van der Waals surface area (Å²) >= 11 is 0. The molecular formula is C15H28N4O. The minimum Gasteiger partial charge on any atom is -0.393 e. The maximum absolute atomic E-state index is 9.72. The number of nitrogens with zero attached hydrogens (tertiary/aromatic N) is 3. The number of piperidine rings is 1. The Morgan fingerprint density at radius 2 is 2.05 bits per heavy atom. The van der Waals surface area contributed by atoms with E-state index in [1.54, 1.807) is 0 Å². The Kier molecular flexibility index (Phi) is 5.05. The Bertz CT molecular complexity index is 433. The fourth-order valence-electron chi connectivity index (χ4n) is 3.14. The van der Waals surface area contributed by atoms with Crippen molar-refractivity contribution >= 4 is 5.82 Å². The molecule has 0 spiro atoms. The lowest BCUT2D eigenvalue weighted by Crippen LogP contribution is -2.38. The summed E-state index contributed by atoms with van der Waals surface area (Å²) in [5.41, 5.74) is 2.42. The highest BCUT2D eigenvalue weighted by molar-refractivity contribution is 5.50. The van der Waals surface area contributed by atoms with Crippen molar-refractivity contribution in [3.63, 3.8) is 0 Å². The lowest BCUT2D eigenvalue weighted by Gasteiger charge is -2.35. The van der Waals surface area contributed by atoms with Gasteiger partial charge < -0.3 is 15.3 Å². The van der Waals surface area contributed by atoms with Crippen LogP contribution in [0.5, 0.6) is 0 Å². The molecule has 0 bridgehead atoms. The third-order valence-corrected chi connectivity index (χ3v) is 4.39. The summed E-state index contributed by atoms with van der Waals surface area (Å²) < 4.78 is 2.00. The highest BCUT2D eigenvalue weighted by atomic mass is 16.3. The van der Waals surface area contributed by atoms with Gasteiger partial charge in [-0.15, -0.1) is 0 Å². The molecule has 1 saturated heterocycles. The van der Waals surface area contributed by atoms with E-state index in [-0.39, 0.29) is 6.10 Å². The van der Waals surface area contributed by atoms with Gasteiger partial charge in [-0.3, -0.25) is 4.68 Å². The number of aryl methyl sites for hydroxylation is 2. The number of hydrogen-bond donors (Lipinski definition) is 2. The maximum Gasteiger partial charge on any atom is 0.131 e. The first-order valence-corrected chi connectivity index (χ1v) is 7.70. The average Bonchev–Trinajstić information content (AvgIpc) is 2.70. The fraction of sp³-hybridized carbons (Fsp3) is 0.800. The molecule has 0 amide bonds. The Hall–Kier alpha value is -1.07. The van der Waals surface area contributed by atoms with E-state index in [9.17, 15) is 5.11 Å². The minimum absolute atomic E-state index is 0.188. The first-order valence-electron chi connectivity index (χ1n) is 7.70. The number of anilines is 1. The van der Waals surface area contributed by atoms with Crippen molar-refractivity contribution in [1.82, 2.24) is 15.1 Å². The highest BCUT2D eigenvalue weighted by Gasteiger charge is 2.26. The normalized spacial score (nSPS) is 18.6. The number of hydrogen-bond acceptors (Lipinski definition) is 4. The van der Waals surface area contributed by atoms with Crippen LogP contribution in [-0.4, -0.2) is 40.6 Å². The van der Waals surface area contributed by atoms with Crippen LogP contribution in [0.2, 0.25) is 0 Å². The number of nitrogens with one attached hydrogen (secondary N) is 1. The van der Waals surface area contributed by atoms with Crippen molar-refractivity contribution in [2.45, 2.75) is 46.3 Å². The highest BCUT2D eigenvalue weighted by Crippen LogP contribution is 2.29. The van der Waals surface area contributed by atoms with Gasteiger partial charge in [-0.25, -0.2) is 0 Å². The maximum atomic E-state index is 9.72. The van der Waals surface area contributed by atoms with Crippen LogP contribution in [0.1, 0.15) is 37.9 Å². The summed E-state index contributed by atoms with van der Waals surface area (Å²) in [6.07, 6.45) is 1.93. The predicted octanol–water partition coefficient (Wildman–Crippen LogP) is 1.44. The molecule has 5 nitrogen and oxygen atoms in total. The largest absolute Gasteiger partial charge is 0.393 e. The van der Waals surface area contributed by atoms with Crippen LogP contribution in [0.15, 0.2) is 0 Å². The van der Waals surface area contributed by atoms with Crippen molar-refractivity contribution in [2.75, 3.05) is 24.5 Å². The van der Waals surface area contributed by atoms with Gasteiger partial charge in [0, 0.05) is 32.2 Å². The zero-order chi connectivity index (χ0) is 14.7. The Morgan fingerprint density at radius 3 is 2.60 bits per heavy atom. The van der Waals surface area contributed by atoms with Crippen LogP contribution in [-0.2, 0) is 13.6 Å². The molecule has 1 fully saturated rings. The molecule has 1 unspecified atom stereocenters. The molecular weight excluding hydrogens is 252 g/mol. The summed E-state index contributed by atoms with van der Waals surface area (Å²) in [6.45, 7) is 9.98. The molecule has 5 heteroatoms. The van der Waals surface area contributed by atoms with Gasteiger partial charge in [0.2, 0.25) is 0 Å². The van der Waals surface area contributed by atoms with E-state index in [1.165, 1.54) is 11.4 Å². The molecule has 2 N–H and O–H groups in total. The third-order valence-electron chi connectivity index (χ3n) is 4.39. The lowest BCUT2D eigenvalue weighted by atomic mass is 9.92. The Balaban J connectivity index is 2.12. The van der Waals surface area contributed by atoms with E-state index in [2.05, 4.69) is 29.2 Å². The fourth-order valence-corrected chi connectivity index (χ4v) is 3.14.